The number of carbonyl (C=O) groups is 2. The number of methoxy groups -OCH3 is 1. The Kier molecular flexibility index (Phi) is 8.64. The van der Waals surface area contributed by atoms with Crippen LogP contribution >= 0.6 is 0 Å². The fraction of sp³-hybridized carbons (Fsp3) is 0.240. The molecule has 3 aromatic rings. The molecule has 3 amide bonds. The molecule has 172 valence electrons. The molecule has 2 N–H and O–H groups in total. The Labute approximate surface area is 193 Å². The molecule has 0 unspecified atom stereocenters. The molecule has 0 aliphatic carbocycles. The summed E-state index contributed by atoms with van der Waals surface area (Å²) in [6.07, 6.45) is 3.54. The van der Waals surface area contributed by atoms with E-state index in [0.717, 1.165) is 11.1 Å². The minimum atomic E-state index is -0.233. The van der Waals surface area contributed by atoms with E-state index >= 15 is 0 Å². The van der Waals surface area contributed by atoms with Crippen LogP contribution in [0, 0.1) is 0 Å². The Balaban J connectivity index is 1.46. The Morgan fingerprint density at radius 3 is 2.45 bits per heavy atom. The first-order chi connectivity index (χ1) is 16.0. The smallest absolute Gasteiger partial charge is 0.317 e. The summed E-state index contributed by atoms with van der Waals surface area (Å²) in [5.41, 5.74) is 2.59. The van der Waals surface area contributed by atoms with Crippen molar-refractivity contribution >= 4 is 17.6 Å². The van der Waals surface area contributed by atoms with Crippen molar-refractivity contribution in [1.29, 1.82) is 0 Å². The summed E-state index contributed by atoms with van der Waals surface area (Å²) in [5, 5.41) is 5.59. The third-order valence-corrected chi connectivity index (χ3v) is 4.83. The lowest BCUT2D eigenvalue weighted by atomic mass is 10.2. The molecule has 1 aromatic heterocycles. The van der Waals surface area contributed by atoms with Gasteiger partial charge >= 0.3 is 6.03 Å². The highest BCUT2D eigenvalue weighted by Gasteiger charge is 2.11. The first kappa shape index (κ1) is 23.6. The molecule has 0 aliphatic rings. The molecular formula is C25H28N4O4. The van der Waals surface area contributed by atoms with Gasteiger partial charge in [-0.25, -0.2) is 4.79 Å². The van der Waals surface area contributed by atoms with Crippen molar-refractivity contribution in [1.82, 2.24) is 15.2 Å². The molecular weight excluding hydrogens is 420 g/mol. The van der Waals surface area contributed by atoms with Gasteiger partial charge in [-0.05, 0) is 35.4 Å². The molecule has 0 aliphatic heterocycles. The summed E-state index contributed by atoms with van der Waals surface area (Å²) >= 11 is 0. The molecule has 0 spiro atoms. The van der Waals surface area contributed by atoms with Crippen molar-refractivity contribution < 1.29 is 19.1 Å². The molecule has 0 saturated heterocycles. The second kappa shape index (κ2) is 12.1. The fourth-order valence-corrected chi connectivity index (χ4v) is 3.08. The number of hydrogen-bond acceptors (Lipinski definition) is 5. The van der Waals surface area contributed by atoms with E-state index in [1.54, 1.807) is 49.7 Å². The van der Waals surface area contributed by atoms with Gasteiger partial charge in [0.25, 0.3) is 0 Å². The predicted octanol–water partition coefficient (Wildman–Crippen LogP) is 3.84. The van der Waals surface area contributed by atoms with Gasteiger partial charge in [-0.15, -0.1) is 0 Å². The largest absolute Gasteiger partial charge is 0.493 e. The van der Waals surface area contributed by atoms with Crippen LogP contribution in [0.1, 0.15) is 17.5 Å². The normalized spacial score (nSPS) is 10.2. The number of hydrogen-bond donors (Lipinski definition) is 2. The van der Waals surface area contributed by atoms with Gasteiger partial charge < -0.3 is 25.0 Å². The van der Waals surface area contributed by atoms with Crippen LogP contribution in [0.2, 0.25) is 0 Å². The first-order valence-corrected chi connectivity index (χ1v) is 10.6. The van der Waals surface area contributed by atoms with E-state index in [1.807, 2.05) is 42.5 Å². The van der Waals surface area contributed by atoms with Crippen molar-refractivity contribution in [3.8, 4) is 11.5 Å². The number of aromatic nitrogens is 1. The van der Waals surface area contributed by atoms with Crippen LogP contribution in [0.4, 0.5) is 10.5 Å². The zero-order chi connectivity index (χ0) is 23.5. The molecule has 0 bridgehead atoms. The van der Waals surface area contributed by atoms with Gasteiger partial charge in [0.05, 0.1) is 7.11 Å². The number of rotatable bonds is 10. The SMILES string of the molecule is COc1ccc(NC(=O)CCNC(=O)N(C)Cc2ccccc2)cc1OCc1ccncc1. The Bertz CT molecular complexity index is 1040. The maximum atomic E-state index is 12.3. The number of carbonyl (C=O) groups excluding carboxylic acids is 2. The lowest BCUT2D eigenvalue weighted by Gasteiger charge is -2.18. The van der Waals surface area contributed by atoms with E-state index in [1.165, 1.54) is 0 Å². The lowest BCUT2D eigenvalue weighted by molar-refractivity contribution is -0.116. The van der Waals surface area contributed by atoms with Crippen LogP contribution < -0.4 is 20.1 Å². The highest BCUT2D eigenvalue weighted by atomic mass is 16.5. The molecule has 1 heterocycles. The van der Waals surface area contributed by atoms with Crippen molar-refractivity contribution in [2.24, 2.45) is 0 Å². The Morgan fingerprint density at radius 1 is 0.970 bits per heavy atom. The summed E-state index contributed by atoms with van der Waals surface area (Å²) < 4.78 is 11.2. The average molecular weight is 449 g/mol. The van der Waals surface area contributed by atoms with Gasteiger partial charge in [0.2, 0.25) is 5.91 Å². The van der Waals surface area contributed by atoms with Crippen LogP contribution in [0.25, 0.3) is 0 Å². The van der Waals surface area contributed by atoms with Gasteiger partial charge in [0.15, 0.2) is 11.5 Å². The fourth-order valence-electron chi connectivity index (χ4n) is 3.08. The van der Waals surface area contributed by atoms with Crippen molar-refractivity contribution in [3.05, 3.63) is 84.2 Å². The van der Waals surface area contributed by atoms with Crippen molar-refractivity contribution in [2.75, 3.05) is 26.0 Å². The van der Waals surface area contributed by atoms with Gasteiger partial charge in [0, 0.05) is 50.7 Å². The minimum absolute atomic E-state index is 0.143. The van der Waals surface area contributed by atoms with Crippen LogP contribution in [0.5, 0.6) is 11.5 Å². The monoisotopic (exact) mass is 448 g/mol. The van der Waals surface area contributed by atoms with E-state index in [-0.39, 0.29) is 24.9 Å². The van der Waals surface area contributed by atoms with Gasteiger partial charge in [-0.1, -0.05) is 30.3 Å². The van der Waals surface area contributed by atoms with Crippen LogP contribution in [0.15, 0.2) is 73.1 Å². The predicted molar refractivity (Wildman–Crippen MR) is 126 cm³/mol. The zero-order valence-electron chi connectivity index (χ0n) is 18.8. The zero-order valence-corrected chi connectivity index (χ0v) is 18.8. The molecule has 2 aromatic carbocycles. The number of anilines is 1. The molecule has 0 saturated carbocycles. The summed E-state index contributed by atoms with van der Waals surface area (Å²) in [4.78, 5) is 30.1. The number of ether oxygens (including phenoxy) is 2. The van der Waals surface area contributed by atoms with E-state index in [0.29, 0.717) is 30.3 Å². The molecule has 0 atom stereocenters. The summed E-state index contributed by atoms with van der Waals surface area (Å²) in [6.45, 7) is 1.07. The second-order valence-corrected chi connectivity index (χ2v) is 7.38. The van der Waals surface area contributed by atoms with Crippen LogP contribution in [0.3, 0.4) is 0 Å². The van der Waals surface area contributed by atoms with E-state index in [4.69, 9.17) is 9.47 Å². The topological polar surface area (TPSA) is 92.8 Å². The molecule has 3 rings (SSSR count). The van der Waals surface area contributed by atoms with Crippen molar-refractivity contribution in [3.63, 3.8) is 0 Å². The van der Waals surface area contributed by atoms with Crippen LogP contribution in [-0.4, -0.2) is 42.5 Å². The van der Waals surface area contributed by atoms with Crippen LogP contribution in [-0.2, 0) is 17.9 Å². The number of urea groups is 1. The third kappa shape index (κ3) is 7.53. The molecule has 0 radical (unpaired) electrons. The van der Waals surface area contributed by atoms with E-state index in [2.05, 4.69) is 15.6 Å². The first-order valence-electron chi connectivity index (χ1n) is 10.6. The number of nitrogens with one attached hydrogen (secondary N) is 2. The molecule has 0 fully saturated rings. The van der Waals surface area contributed by atoms with Crippen molar-refractivity contribution in [2.45, 2.75) is 19.6 Å². The molecule has 8 heteroatoms. The standard InChI is InChI=1S/C25H28N4O4/c1-29(17-19-6-4-3-5-7-19)25(31)27-15-12-24(30)28-21-8-9-22(32-2)23(16-21)33-18-20-10-13-26-14-11-20/h3-11,13-14,16H,12,15,17-18H2,1-2H3,(H,27,31)(H,28,30). The average Bonchev–Trinajstić information content (AvgIpc) is 2.84. The number of benzene rings is 2. The Morgan fingerprint density at radius 2 is 1.73 bits per heavy atom. The maximum Gasteiger partial charge on any atom is 0.317 e. The maximum absolute atomic E-state index is 12.3. The van der Waals surface area contributed by atoms with Gasteiger partial charge in [0.1, 0.15) is 6.61 Å². The molecule has 33 heavy (non-hydrogen) atoms. The second-order valence-electron chi connectivity index (χ2n) is 7.38. The quantitative estimate of drug-likeness (QED) is 0.492. The van der Waals surface area contributed by atoms with E-state index in [9.17, 15) is 9.59 Å². The minimum Gasteiger partial charge on any atom is -0.493 e. The van der Waals surface area contributed by atoms with Gasteiger partial charge in [-0.2, -0.15) is 0 Å². The number of nitrogens with zero attached hydrogens (tertiary/aromatic N) is 2. The summed E-state index contributed by atoms with van der Waals surface area (Å²) in [6, 6.07) is 18.4. The lowest BCUT2D eigenvalue weighted by Crippen LogP contribution is -2.38. The molecule has 8 nitrogen and oxygen atoms in total. The third-order valence-electron chi connectivity index (χ3n) is 4.83. The Hall–Kier alpha value is -4.07. The number of pyridine rings is 1. The van der Waals surface area contributed by atoms with Gasteiger partial charge in [-0.3, -0.25) is 9.78 Å². The summed E-state index contributed by atoms with van der Waals surface area (Å²) in [7, 11) is 3.28. The summed E-state index contributed by atoms with van der Waals surface area (Å²) in [5.74, 6) is 0.866. The van der Waals surface area contributed by atoms with E-state index < -0.39 is 0 Å². The highest BCUT2D eigenvalue weighted by Crippen LogP contribution is 2.31. The number of amides is 3. The highest BCUT2D eigenvalue weighted by molar-refractivity contribution is 5.91.